The highest BCUT2D eigenvalue weighted by atomic mass is 16.2. The van der Waals surface area contributed by atoms with Crippen LogP contribution < -0.4 is 10.2 Å². The van der Waals surface area contributed by atoms with E-state index in [2.05, 4.69) is 10.2 Å². The second-order valence-electron chi connectivity index (χ2n) is 7.58. The Hall–Kier alpha value is -2.66. The molecular weight excluding hydrogens is 350 g/mol. The highest BCUT2D eigenvalue weighted by molar-refractivity contribution is 6.11. The van der Waals surface area contributed by atoms with Gasteiger partial charge in [-0.1, -0.05) is 42.8 Å². The fourth-order valence-corrected chi connectivity index (χ4v) is 4.20. The van der Waals surface area contributed by atoms with E-state index < -0.39 is 6.04 Å². The Kier molecular flexibility index (Phi) is 5.72. The van der Waals surface area contributed by atoms with E-state index in [9.17, 15) is 9.59 Å². The molecule has 2 aromatic carbocycles. The molecule has 1 saturated heterocycles. The monoisotopic (exact) mass is 377 g/mol. The molecule has 5 heteroatoms. The Bertz CT molecular complexity index is 831. The molecule has 0 radical (unpaired) electrons. The molecule has 2 aliphatic heterocycles. The zero-order valence-corrected chi connectivity index (χ0v) is 16.1. The molecule has 0 aliphatic carbocycles. The molecule has 4 rings (SSSR count). The lowest BCUT2D eigenvalue weighted by Crippen LogP contribution is -2.49. The number of hydrogen-bond acceptors (Lipinski definition) is 3. The first-order valence-corrected chi connectivity index (χ1v) is 10.2. The predicted molar refractivity (Wildman–Crippen MR) is 110 cm³/mol. The molecule has 146 valence electrons. The third-order valence-electron chi connectivity index (χ3n) is 5.69. The van der Waals surface area contributed by atoms with E-state index in [0.717, 1.165) is 30.9 Å². The van der Waals surface area contributed by atoms with Gasteiger partial charge in [0.2, 0.25) is 5.91 Å². The second-order valence-corrected chi connectivity index (χ2v) is 7.58. The molecular formula is C23H27N3O2. The number of hydrogen-bond donors (Lipinski definition) is 1. The number of rotatable bonds is 5. The van der Waals surface area contributed by atoms with Gasteiger partial charge in [-0.3, -0.25) is 14.5 Å². The van der Waals surface area contributed by atoms with Gasteiger partial charge in [0.15, 0.2) is 0 Å². The van der Waals surface area contributed by atoms with Crippen molar-refractivity contribution in [2.45, 2.75) is 31.7 Å². The maximum absolute atomic E-state index is 13.2. The summed E-state index contributed by atoms with van der Waals surface area (Å²) >= 11 is 0. The Labute approximate surface area is 166 Å². The highest BCUT2D eigenvalue weighted by Gasteiger charge is 2.38. The lowest BCUT2D eigenvalue weighted by Gasteiger charge is -2.28. The van der Waals surface area contributed by atoms with Crippen LogP contribution in [-0.2, 0) is 11.2 Å². The van der Waals surface area contributed by atoms with E-state index in [1.807, 2.05) is 42.5 Å². The molecule has 1 atom stereocenters. The first-order chi connectivity index (χ1) is 13.7. The molecule has 5 nitrogen and oxygen atoms in total. The van der Waals surface area contributed by atoms with Crippen LogP contribution in [0.15, 0.2) is 54.6 Å². The van der Waals surface area contributed by atoms with Crippen molar-refractivity contribution in [2.75, 3.05) is 31.1 Å². The molecule has 1 unspecified atom stereocenters. The lowest BCUT2D eigenvalue weighted by atomic mass is 10.1. The number of likely N-dealkylation sites (tertiary alicyclic amines) is 1. The molecule has 1 fully saturated rings. The zero-order valence-electron chi connectivity index (χ0n) is 16.1. The van der Waals surface area contributed by atoms with Gasteiger partial charge in [0, 0.05) is 30.8 Å². The molecule has 0 spiro atoms. The van der Waals surface area contributed by atoms with Gasteiger partial charge in [0.1, 0.15) is 6.04 Å². The van der Waals surface area contributed by atoms with Crippen LogP contribution in [0.4, 0.5) is 5.69 Å². The first kappa shape index (κ1) is 18.7. The van der Waals surface area contributed by atoms with Crippen molar-refractivity contribution in [1.29, 1.82) is 0 Å². The standard InChI is InChI=1S/C23H27N3O2/c27-22(24-13-16-25-14-7-2-8-15-25)21-17-19-11-5-6-12-20(19)26(21)23(28)18-9-3-1-4-10-18/h1,3-6,9-12,21H,2,7-8,13-17H2,(H,24,27). The van der Waals surface area contributed by atoms with Crippen LogP contribution in [0.25, 0.3) is 0 Å². The number of para-hydroxylation sites is 1. The summed E-state index contributed by atoms with van der Waals surface area (Å²) < 4.78 is 0. The van der Waals surface area contributed by atoms with Crippen molar-refractivity contribution in [3.63, 3.8) is 0 Å². The average molecular weight is 377 g/mol. The molecule has 2 heterocycles. The minimum Gasteiger partial charge on any atom is -0.353 e. The number of nitrogens with zero attached hydrogens (tertiary/aromatic N) is 2. The summed E-state index contributed by atoms with van der Waals surface area (Å²) in [4.78, 5) is 30.2. The molecule has 2 amide bonds. The molecule has 0 saturated carbocycles. The van der Waals surface area contributed by atoms with Crippen LogP contribution >= 0.6 is 0 Å². The number of anilines is 1. The fourth-order valence-electron chi connectivity index (χ4n) is 4.20. The number of piperidine rings is 1. The summed E-state index contributed by atoms with van der Waals surface area (Å²) in [6, 6.07) is 16.5. The van der Waals surface area contributed by atoms with Crippen LogP contribution in [0.1, 0.15) is 35.2 Å². The van der Waals surface area contributed by atoms with Crippen molar-refractivity contribution < 1.29 is 9.59 Å². The molecule has 0 bridgehead atoms. The summed E-state index contributed by atoms with van der Waals surface area (Å²) in [5.74, 6) is -0.195. The van der Waals surface area contributed by atoms with Gasteiger partial charge >= 0.3 is 0 Å². The normalized spacial score (nSPS) is 19.3. The Morgan fingerprint density at radius 2 is 1.64 bits per heavy atom. The van der Waals surface area contributed by atoms with E-state index >= 15 is 0 Å². The molecule has 1 N–H and O–H groups in total. The minimum atomic E-state index is -0.494. The molecule has 2 aliphatic rings. The smallest absolute Gasteiger partial charge is 0.259 e. The third-order valence-corrected chi connectivity index (χ3v) is 5.69. The van der Waals surface area contributed by atoms with Crippen molar-refractivity contribution in [1.82, 2.24) is 10.2 Å². The summed E-state index contributed by atoms with van der Waals surface area (Å²) in [6.45, 7) is 3.73. The van der Waals surface area contributed by atoms with Crippen LogP contribution in [0, 0.1) is 0 Å². The second kappa shape index (κ2) is 8.57. The first-order valence-electron chi connectivity index (χ1n) is 10.2. The van der Waals surface area contributed by atoms with Crippen LogP contribution in [-0.4, -0.2) is 48.9 Å². The molecule has 2 aromatic rings. The number of benzene rings is 2. The average Bonchev–Trinajstić information content (AvgIpc) is 3.14. The Balaban J connectivity index is 1.47. The maximum Gasteiger partial charge on any atom is 0.259 e. The van der Waals surface area contributed by atoms with Crippen molar-refractivity contribution >= 4 is 17.5 Å². The van der Waals surface area contributed by atoms with Gasteiger partial charge in [-0.25, -0.2) is 0 Å². The Morgan fingerprint density at radius 1 is 0.929 bits per heavy atom. The van der Waals surface area contributed by atoms with E-state index in [-0.39, 0.29) is 11.8 Å². The third kappa shape index (κ3) is 3.94. The number of fused-ring (bicyclic) bond motifs is 1. The van der Waals surface area contributed by atoms with Crippen molar-refractivity contribution in [2.24, 2.45) is 0 Å². The maximum atomic E-state index is 13.2. The number of amides is 2. The van der Waals surface area contributed by atoms with Gasteiger partial charge in [0.05, 0.1) is 0 Å². The van der Waals surface area contributed by atoms with Gasteiger partial charge in [-0.05, 0) is 49.7 Å². The quantitative estimate of drug-likeness (QED) is 0.872. The number of nitrogens with one attached hydrogen (secondary N) is 1. The zero-order chi connectivity index (χ0) is 19.3. The van der Waals surface area contributed by atoms with Gasteiger partial charge in [0.25, 0.3) is 5.91 Å². The largest absolute Gasteiger partial charge is 0.353 e. The number of carbonyl (C=O) groups is 2. The van der Waals surface area contributed by atoms with Gasteiger partial charge in [-0.15, -0.1) is 0 Å². The van der Waals surface area contributed by atoms with Crippen LogP contribution in [0.5, 0.6) is 0 Å². The van der Waals surface area contributed by atoms with E-state index in [1.54, 1.807) is 17.0 Å². The SMILES string of the molecule is O=C(NCCN1CCCCC1)C1Cc2ccccc2N1C(=O)c1ccccc1. The van der Waals surface area contributed by atoms with E-state index in [0.29, 0.717) is 18.5 Å². The number of carbonyl (C=O) groups excluding carboxylic acids is 2. The summed E-state index contributed by atoms with van der Waals surface area (Å²) in [5, 5.41) is 3.07. The van der Waals surface area contributed by atoms with E-state index in [4.69, 9.17) is 0 Å². The molecule has 28 heavy (non-hydrogen) atoms. The minimum absolute atomic E-state index is 0.0718. The summed E-state index contributed by atoms with van der Waals surface area (Å²) in [6.07, 6.45) is 4.35. The van der Waals surface area contributed by atoms with Crippen molar-refractivity contribution in [3.05, 3.63) is 65.7 Å². The van der Waals surface area contributed by atoms with Gasteiger partial charge in [-0.2, -0.15) is 0 Å². The highest BCUT2D eigenvalue weighted by Crippen LogP contribution is 2.33. The fraction of sp³-hybridized carbons (Fsp3) is 0.391. The van der Waals surface area contributed by atoms with Gasteiger partial charge < -0.3 is 10.2 Å². The summed E-state index contributed by atoms with van der Waals surface area (Å²) in [7, 11) is 0. The van der Waals surface area contributed by atoms with Crippen LogP contribution in [0.2, 0.25) is 0 Å². The lowest BCUT2D eigenvalue weighted by molar-refractivity contribution is -0.122. The molecule has 0 aromatic heterocycles. The Morgan fingerprint density at radius 3 is 2.43 bits per heavy atom. The predicted octanol–water partition coefficient (Wildman–Crippen LogP) is 2.86. The van der Waals surface area contributed by atoms with Crippen LogP contribution in [0.3, 0.4) is 0 Å². The summed E-state index contributed by atoms with van der Waals surface area (Å²) in [5.41, 5.74) is 2.49. The van der Waals surface area contributed by atoms with Crippen molar-refractivity contribution in [3.8, 4) is 0 Å². The van der Waals surface area contributed by atoms with E-state index in [1.165, 1.54) is 19.3 Å². The topological polar surface area (TPSA) is 52.7 Å².